The van der Waals surface area contributed by atoms with E-state index in [4.69, 9.17) is 23.2 Å². The number of nitrogens with one attached hydrogen (secondary N) is 1. The van der Waals surface area contributed by atoms with E-state index in [1.54, 1.807) is 31.0 Å². The fraction of sp³-hybridized carbons (Fsp3) is 0.300. The standard InChI is InChI=1S/C20H22Cl2N2O2S/c1-14(20(26)23-2)24(11-15-7-9-17(21)10-8-15)19(25)13-27-12-16-5-3-4-6-18(16)22/h3-10,14H,11-13H2,1-2H3,(H,23,26). The highest BCUT2D eigenvalue weighted by molar-refractivity contribution is 7.99. The highest BCUT2D eigenvalue weighted by Gasteiger charge is 2.25. The van der Waals surface area contributed by atoms with Crippen molar-refractivity contribution in [3.63, 3.8) is 0 Å². The number of amides is 2. The van der Waals surface area contributed by atoms with Crippen LogP contribution in [0.25, 0.3) is 0 Å². The van der Waals surface area contributed by atoms with E-state index in [1.807, 2.05) is 36.4 Å². The summed E-state index contributed by atoms with van der Waals surface area (Å²) in [6.07, 6.45) is 0. The Hall–Kier alpha value is -1.69. The predicted octanol–water partition coefficient (Wildman–Crippen LogP) is 4.39. The fourth-order valence-corrected chi connectivity index (χ4v) is 3.85. The normalized spacial score (nSPS) is 11.7. The minimum absolute atomic E-state index is 0.0990. The number of halogens is 2. The molecule has 0 aliphatic heterocycles. The Kier molecular flexibility index (Phi) is 8.48. The number of likely N-dealkylation sites (N-methyl/N-ethyl adjacent to an activating group) is 1. The molecule has 7 heteroatoms. The molecular weight excluding hydrogens is 403 g/mol. The molecule has 1 N–H and O–H groups in total. The average molecular weight is 425 g/mol. The van der Waals surface area contributed by atoms with E-state index in [2.05, 4.69) is 5.32 Å². The van der Waals surface area contributed by atoms with Gasteiger partial charge in [0, 0.05) is 29.4 Å². The molecule has 2 rings (SSSR count). The molecule has 0 fully saturated rings. The number of thioether (sulfide) groups is 1. The zero-order valence-corrected chi connectivity index (χ0v) is 17.6. The zero-order chi connectivity index (χ0) is 19.8. The molecule has 144 valence electrons. The first-order chi connectivity index (χ1) is 12.9. The van der Waals surface area contributed by atoms with Gasteiger partial charge >= 0.3 is 0 Å². The van der Waals surface area contributed by atoms with Gasteiger partial charge in [-0.15, -0.1) is 11.8 Å². The van der Waals surface area contributed by atoms with Crippen LogP contribution in [0, 0.1) is 0 Å². The molecule has 4 nitrogen and oxygen atoms in total. The number of hydrogen-bond donors (Lipinski definition) is 1. The summed E-state index contributed by atoms with van der Waals surface area (Å²) in [7, 11) is 1.57. The van der Waals surface area contributed by atoms with Crippen molar-refractivity contribution < 1.29 is 9.59 Å². The van der Waals surface area contributed by atoms with E-state index in [0.717, 1.165) is 11.1 Å². The first-order valence-electron chi connectivity index (χ1n) is 8.49. The molecule has 1 atom stereocenters. The number of carbonyl (C=O) groups excluding carboxylic acids is 2. The monoisotopic (exact) mass is 424 g/mol. The molecule has 27 heavy (non-hydrogen) atoms. The second-order valence-corrected chi connectivity index (χ2v) is 7.85. The molecule has 2 aromatic rings. The van der Waals surface area contributed by atoms with E-state index in [0.29, 0.717) is 22.3 Å². The maximum atomic E-state index is 12.8. The van der Waals surface area contributed by atoms with Gasteiger partial charge in [-0.3, -0.25) is 9.59 Å². The summed E-state index contributed by atoms with van der Waals surface area (Å²) in [6, 6.07) is 14.3. The zero-order valence-electron chi connectivity index (χ0n) is 15.2. The maximum Gasteiger partial charge on any atom is 0.242 e. The van der Waals surface area contributed by atoms with Crippen LogP contribution < -0.4 is 5.32 Å². The molecule has 2 aromatic carbocycles. The van der Waals surface area contributed by atoms with E-state index in [-0.39, 0.29) is 17.6 Å². The SMILES string of the molecule is CNC(=O)C(C)N(Cc1ccc(Cl)cc1)C(=O)CSCc1ccccc1Cl. The Morgan fingerprint density at radius 2 is 1.78 bits per heavy atom. The predicted molar refractivity (Wildman–Crippen MR) is 113 cm³/mol. The number of benzene rings is 2. The third kappa shape index (κ3) is 6.45. The lowest BCUT2D eigenvalue weighted by Crippen LogP contribution is -2.47. The van der Waals surface area contributed by atoms with Crippen molar-refractivity contribution in [3.05, 3.63) is 69.7 Å². The number of rotatable bonds is 8. The van der Waals surface area contributed by atoms with Gasteiger partial charge < -0.3 is 10.2 Å². The second-order valence-electron chi connectivity index (χ2n) is 6.02. The van der Waals surface area contributed by atoms with Gasteiger partial charge in [0.25, 0.3) is 0 Å². The van der Waals surface area contributed by atoms with Crippen molar-refractivity contribution in [3.8, 4) is 0 Å². The topological polar surface area (TPSA) is 49.4 Å². The first-order valence-corrected chi connectivity index (χ1v) is 10.4. The summed E-state index contributed by atoms with van der Waals surface area (Å²) in [4.78, 5) is 26.5. The lowest BCUT2D eigenvalue weighted by Gasteiger charge is -2.28. The molecule has 0 aromatic heterocycles. The fourth-order valence-electron chi connectivity index (χ4n) is 2.52. The van der Waals surface area contributed by atoms with Crippen molar-refractivity contribution in [1.82, 2.24) is 10.2 Å². The Labute approximate surface area is 174 Å². The van der Waals surface area contributed by atoms with E-state index in [9.17, 15) is 9.59 Å². The summed E-state index contributed by atoms with van der Waals surface area (Å²) >= 11 is 13.6. The van der Waals surface area contributed by atoms with Crippen LogP contribution in [0.5, 0.6) is 0 Å². The summed E-state index contributed by atoms with van der Waals surface area (Å²) in [5, 5.41) is 3.93. The Bertz CT molecular complexity index is 784. The van der Waals surface area contributed by atoms with E-state index < -0.39 is 6.04 Å². The lowest BCUT2D eigenvalue weighted by atomic mass is 10.1. The smallest absolute Gasteiger partial charge is 0.242 e. The third-order valence-corrected chi connectivity index (χ3v) is 5.71. The summed E-state index contributed by atoms with van der Waals surface area (Å²) in [6.45, 7) is 2.07. The second kappa shape index (κ2) is 10.6. The molecule has 0 aliphatic carbocycles. The molecule has 1 unspecified atom stereocenters. The summed E-state index contributed by atoms with van der Waals surface area (Å²) < 4.78 is 0. The van der Waals surface area contributed by atoms with Crippen molar-refractivity contribution >= 4 is 46.8 Å². The molecule has 2 amide bonds. The number of carbonyl (C=O) groups is 2. The molecule has 0 saturated heterocycles. The maximum absolute atomic E-state index is 12.8. The lowest BCUT2D eigenvalue weighted by molar-refractivity contribution is -0.138. The van der Waals surface area contributed by atoms with Crippen LogP contribution in [0.15, 0.2) is 48.5 Å². The van der Waals surface area contributed by atoms with Gasteiger partial charge in [0.15, 0.2) is 0 Å². The molecule has 0 heterocycles. The highest BCUT2D eigenvalue weighted by Crippen LogP contribution is 2.22. The Balaban J connectivity index is 2.04. The summed E-state index contributed by atoms with van der Waals surface area (Å²) in [5.41, 5.74) is 1.90. The van der Waals surface area contributed by atoms with Crippen LogP contribution >= 0.6 is 35.0 Å². The van der Waals surface area contributed by atoms with Gasteiger partial charge in [-0.1, -0.05) is 53.5 Å². The quantitative estimate of drug-likeness (QED) is 0.683. The van der Waals surface area contributed by atoms with E-state index >= 15 is 0 Å². The van der Waals surface area contributed by atoms with Crippen LogP contribution in [-0.4, -0.2) is 35.6 Å². The first kappa shape index (κ1) is 21.6. The molecule has 0 radical (unpaired) electrons. The van der Waals surface area contributed by atoms with Gasteiger partial charge in [0.2, 0.25) is 11.8 Å². The van der Waals surface area contributed by atoms with Crippen LogP contribution in [-0.2, 0) is 21.9 Å². The van der Waals surface area contributed by atoms with Crippen molar-refractivity contribution in [2.24, 2.45) is 0 Å². The molecule has 0 bridgehead atoms. The van der Waals surface area contributed by atoms with E-state index in [1.165, 1.54) is 11.8 Å². The van der Waals surface area contributed by atoms with Crippen molar-refractivity contribution in [1.29, 1.82) is 0 Å². The largest absolute Gasteiger partial charge is 0.357 e. The van der Waals surface area contributed by atoms with Crippen molar-refractivity contribution in [2.75, 3.05) is 12.8 Å². The molecular formula is C20H22Cl2N2O2S. The Morgan fingerprint density at radius 1 is 1.11 bits per heavy atom. The van der Waals surface area contributed by atoms with Crippen LogP contribution in [0.3, 0.4) is 0 Å². The van der Waals surface area contributed by atoms with Gasteiger partial charge in [0.1, 0.15) is 6.04 Å². The number of nitrogens with zero attached hydrogens (tertiary/aromatic N) is 1. The average Bonchev–Trinajstić information content (AvgIpc) is 2.67. The molecule has 0 saturated carbocycles. The van der Waals surface area contributed by atoms with Crippen LogP contribution in [0.1, 0.15) is 18.1 Å². The summed E-state index contributed by atoms with van der Waals surface area (Å²) in [5.74, 6) is 0.598. The van der Waals surface area contributed by atoms with Gasteiger partial charge in [0.05, 0.1) is 5.75 Å². The van der Waals surface area contributed by atoms with Crippen molar-refractivity contribution in [2.45, 2.75) is 25.3 Å². The molecule has 0 spiro atoms. The highest BCUT2D eigenvalue weighted by atomic mass is 35.5. The minimum atomic E-state index is -0.570. The van der Waals surface area contributed by atoms with Gasteiger partial charge in [-0.05, 0) is 36.2 Å². The number of hydrogen-bond acceptors (Lipinski definition) is 3. The van der Waals surface area contributed by atoms with Crippen LogP contribution in [0.4, 0.5) is 0 Å². The van der Waals surface area contributed by atoms with Gasteiger partial charge in [-0.25, -0.2) is 0 Å². The third-order valence-electron chi connectivity index (χ3n) is 4.12. The van der Waals surface area contributed by atoms with Gasteiger partial charge in [-0.2, -0.15) is 0 Å². The molecule has 0 aliphatic rings. The van der Waals surface area contributed by atoms with Crippen LogP contribution in [0.2, 0.25) is 10.0 Å². The Morgan fingerprint density at radius 3 is 2.41 bits per heavy atom. The minimum Gasteiger partial charge on any atom is -0.357 e.